The highest BCUT2D eigenvalue weighted by atomic mass is 16.6. The van der Waals surface area contributed by atoms with Gasteiger partial charge in [-0.1, -0.05) is 30.3 Å². The zero-order valence-corrected chi connectivity index (χ0v) is 13.3. The van der Waals surface area contributed by atoms with E-state index in [0.29, 0.717) is 28.3 Å². The normalized spacial score (nSPS) is 10.3. The van der Waals surface area contributed by atoms with Crippen LogP contribution in [-0.4, -0.2) is 20.8 Å². The quantitative estimate of drug-likeness (QED) is 0.580. The van der Waals surface area contributed by atoms with Crippen molar-refractivity contribution >= 4 is 17.3 Å². The number of nitrogens with one attached hydrogen (secondary N) is 1. The molecule has 1 aromatic heterocycles. The molecule has 0 saturated heterocycles. The molecule has 7 heteroatoms. The Morgan fingerprint density at radius 2 is 1.88 bits per heavy atom. The molecule has 2 aromatic carbocycles. The Labute approximate surface area is 143 Å². The first-order valence-corrected chi connectivity index (χ1v) is 7.49. The van der Waals surface area contributed by atoms with E-state index in [2.05, 4.69) is 15.3 Å². The summed E-state index contributed by atoms with van der Waals surface area (Å²) in [6, 6.07) is 14.9. The Morgan fingerprint density at radius 3 is 2.56 bits per heavy atom. The maximum absolute atomic E-state index is 12.2. The number of carbonyl (C=O) groups is 1. The molecule has 25 heavy (non-hydrogen) atoms. The molecule has 1 heterocycles. The highest BCUT2D eigenvalue weighted by Gasteiger charge is 2.12. The van der Waals surface area contributed by atoms with Gasteiger partial charge in [0.05, 0.1) is 22.5 Å². The van der Waals surface area contributed by atoms with E-state index in [4.69, 9.17) is 0 Å². The van der Waals surface area contributed by atoms with E-state index in [-0.39, 0.29) is 11.6 Å². The maximum Gasteiger partial charge on any atom is 0.270 e. The molecule has 124 valence electrons. The molecule has 0 spiro atoms. The van der Waals surface area contributed by atoms with Crippen LogP contribution in [0.1, 0.15) is 16.1 Å². The van der Waals surface area contributed by atoms with Gasteiger partial charge in [0.15, 0.2) is 5.82 Å². The van der Waals surface area contributed by atoms with E-state index in [0.717, 1.165) is 0 Å². The molecule has 7 nitrogen and oxygen atoms in total. The fourth-order valence-electron chi connectivity index (χ4n) is 2.27. The maximum atomic E-state index is 12.2. The summed E-state index contributed by atoms with van der Waals surface area (Å²) in [5.41, 5.74) is 2.10. The van der Waals surface area contributed by atoms with Crippen LogP contribution in [0.15, 0.2) is 60.8 Å². The Bertz CT molecular complexity index is 942. The molecule has 0 fully saturated rings. The van der Waals surface area contributed by atoms with Crippen LogP contribution in [0.5, 0.6) is 0 Å². The molecule has 1 amide bonds. The first-order chi connectivity index (χ1) is 12.0. The standard InChI is InChI=1S/C18H14N4O3/c1-12-16(21-18(23)13-6-3-2-4-7-13)11-19-17(20-12)14-8-5-9-15(10-14)22(24)25/h2-11H,1H3,(H,21,23). The summed E-state index contributed by atoms with van der Waals surface area (Å²) >= 11 is 0. The lowest BCUT2D eigenvalue weighted by molar-refractivity contribution is -0.384. The number of nitro groups is 1. The Kier molecular flexibility index (Phi) is 4.47. The second kappa shape index (κ2) is 6.88. The van der Waals surface area contributed by atoms with Gasteiger partial charge in [0.2, 0.25) is 0 Å². The number of benzene rings is 2. The van der Waals surface area contributed by atoms with Crippen LogP contribution in [0.3, 0.4) is 0 Å². The molecular formula is C18H14N4O3. The molecule has 0 bridgehead atoms. The lowest BCUT2D eigenvalue weighted by atomic mass is 10.2. The fraction of sp³-hybridized carbons (Fsp3) is 0.0556. The highest BCUT2D eigenvalue weighted by molar-refractivity contribution is 6.04. The van der Waals surface area contributed by atoms with Crippen molar-refractivity contribution in [1.82, 2.24) is 9.97 Å². The second-order valence-corrected chi connectivity index (χ2v) is 5.32. The second-order valence-electron chi connectivity index (χ2n) is 5.32. The van der Waals surface area contributed by atoms with Crippen molar-refractivity contribution in [3.63, 3.8) is 0 Å². The van der Waals surface area contributed by atoms with E-state index in [1.165, 1.54) is 18.3 Å². The van der Waals surface area contributed by atoms with Gasteiger partial charge in [-0.15, -0.1) is 0 Å². The fourth-order valence-corrected chi connectivity index (χ4v) is 2.27. The number of amides is 1. The van der Waals surface area contributed by atoms with E-state index in [1.54, 1.807) is 43.3 Å². The van der Waals surface area contributed by atoms with Gasteiger partial charge in [0, 0.05) is 23.3 Å². The van der Waals surface area contributed by atoms with Crippen molar-refractivity contribution in [3.05, 3.63) is 82.2 Å². The number of nitro benzene ring substituents is 1. The van der Waals surface area contributed by atoms with Gasteiger partial charge in [-0.2, -0.15) is 0 Å². The predicted octanol–water partition coefficient (Wildman–Crippen LogP) is 3.61. The smallest absolute Gasteiger partial charge is 0.270 e. The van der Waals surface area contributed by atoms with Crippen molar-refractivity contribution in [2.45, 2.75) is 6.92 Å². The number of aromatic nitrogens is 2. The Balaban J connectivity index is 1.85. The summed E-state index contributed by atoms with van der Waals surface area (Å²) in [5.74, 6) is 0.106. The summed E-state index contributed by atoms with van der Waals surface area (Å²) in [6.07, 6.45) is 1.50. The minimum atomic E-state index is -0.467. The summed E-state index contributed by atoms with van der Waals surface area (Å²) in [4.78, 5) is 31.2. The van der Waals surface area contributed by atoms with Crippen LogP contribution in [-0.2, 0) is 0 Å². The van der Waals surface area contributed by atoms with Gasteiger partial charge >= 0.3 is 0 Å². The zero-order valence-electron chi connectivity index (χ0n) is 13.3. The Morgan fingerprint density at radius 1 is 1.12 bits per heavy atom. The summed E-state index contributed by atoms with van der Waals surface area (Å²) < 4.78 is 0. The zero-order chi connectivity index (χ0) is 17.8. The number of nitrogens with zero attached hydrogens (tertiary/aromatic N) is 3. The number of carbonyl (C=O) groups excluding carboxylic acids is 1. The molecule has 0 aliphatic rings. The number of aryl methyl sites for hydroxylation is 1. The molecule has 3 aromatic rings. The third-order valence-electron chi connectivity index (χ3n) is 3.58. The third-order valence-corrected chi connectivity index (χ3v) is 3.58. The van der Waals surface area contributed by atoms with Crippen LogP contribution < -0.4 is 5.32 Å². The van der Waals surface area contributed by atoms with Crippen LogP contribution in [0.25, 0.3) is 11.4 Å². The van der Waals surface area contributed by atoms with E-state index in [9.17, 15) is 14.9 Å². The lowest BCUT2D eigenvalue weighted by Gasteiger charge is -2.09. The van der Waals surface area contributed by atoms with E-state index in [1.807, 2.05) is 6.07 Å². The van der Waals surface area contributed by atoms with E-state index >= 15 is 0 Å². The van der Waals surface area contributed by atoms with Crippen molar-refractivity contribution in [2.75, 3.05) is 5.32 Å². The van der Waals surface area contributed by atoms with Gasteiger partial charge in [-0.25, -0.2) is 9.97 Å². The van der Waals surface area contributed by atoms with Crippen molar-refractivity contribution < 1.29 is 9.72 Å². The minimum Gasteiger partial charge on any atom is -0.319 e. The molecule has 0 radical (unpaired) electrons. The van der Waals surface area contributed by atoms with Gasteiger partial charge in [0.25, 0.3) is 11.6 Å². The average molecular weight is 334 g/mol. The van der Waals surface area contributed by atoms with Gasteiger partial charge in [-0.05, 0) is 19.1 Å². The molecule has 3 rings (SSSR count). The van der Waals surface area contributed by atoms with E-state index < -0.39 is 4.92 Å². The highest BCUT2D eigenvalue weighted by Crippen LogP contribution is 2.23. The number of anilines is 1. The number of hydrogen-bond acceptors (Lipinski definition) is 5. The summed E-state index contributed by atoms with van der Waals surface area (Å²) in [7, 11) is 0. The number of non-ortho nitro benzene ring substituents is 1. The largest absolute Gasteiger partial charge is 0.319 e. The molecule has 1 N–H and O–H groups in total. The SMILES string of the molecule is Cc1nc(-c2cccc([N+](=O)[O-])c2)ncc1NC(=O)c1ccccc1. The first kappa shape index (κ1) is 16.3. The topological polar surface area (TPSA) is 98.0 Å². The summed E-state index contributed by atoms with van der Waals surface area (Å²) in [6.45, 7) is 1.74. The molecule has 0 unspecified atom stereocenters. The molecule has 0 aliphatic heterocycles. The predicted molar refractivity (Wildman–Crippen MR) is 93.3 cm³/mol. The third kappa shape index (κ3) is 3.66. The van der Waals surface area contributed by atoms with Crippen LogP contribution in [0.4, 0.5) is 11.4 Å². The number of hydrogen-bond donors (Lipinski definition) is 1. The summed E-state index contributed by atoms with van der Waals surface area (Å²) in [5, 5.41) is 13.6. The minimum absolute atomic E-state index is 0.0276. The molecular weight excluding hydrogens is 320 g/mol. The van der Waals surface area contributed by atoms with Crippen LogP contribution in [0, 0.1) is 17.0 Å². The monoisotopic (exact) mass is 334 g/mol. The molecule has 0 atom stereocenters. The van der Waals surface area contributed by atoms with Crippen molar-refractivity contribution in [3.8, 4) is 11.4 Å². The first-order valence-electron chi connectivity index (χ1n) is 7.49. The van der Waals surface area contributed by atoms with Gasteiger partial charge in [-0.3, -0.25) is 14.9 Å². The van der Waals surface area contributed by atoms with Crippen molar-refractivity contribution in [2.24, 2.45) is 0 Å². The number of rotatable bonds is 4. The average Bonchev–Trinajstić information content (AvgIpc) is 2.64. The molecule has 0 aliphatic carbocycles. The van der Waals surface area contributed by atoms with Gasteiger partial charge in [0.1, 0.15) is 0 Å². The molecule has 0 saturated carbocycles. The van der Waals surface area contributed by atoms with Crippen molar-refractivity contribution in [1.29, 1.82) is 0 Å². The lowest BCUT2D eigenvalue weighted by Crippen LogP contribution is -2.13. The van der Waals surface area contributed by atoms with Crippen LogP contribution >= 0.6 is 0 Å². The van der Waals surface area contributed by atoms with Gasteiger partial charge < -0.3 is 5.32 Å². The Hall–Kier alpha value is -3.61. The van der Waals surface area contributed by atoms with Crippen LogP contribution in [0.2, 0.25) is 0 Å².